The molecule has 0 radical (unpaired) electrons. The van der Waals surface area contributed by atoms with E-state index in [9.17, 15) is 9.90 Å². The van der Waals surface area contributed by atoms with Crippen LogP contribution >= 0.6 is 0 Å². The van der Waals surface area contributed by atoms with Crippen molar-refractivity contribution in [3.8, 4) is 0 Å². The molecule has 88 valence electrons. The van der Waals surface area contributed by atoms with Gasteiger partial charge in [-0.2, -0.15) is 0 Å². The fraction of sp³-hybridized carbons (Fsp3) is 0.909. The number of hydrogen-bond donors (Lipinski definition) is 2. The Balaban J connectivity index is 2.27. The zero-order valence-corrected chi connectivity index (χ0v) is 9.75. The van der Waals surface area contributed by atoms with Crippen molar-refractivity contribution in [1.29, 1.82) is 0 Å². The third kappa shape index (κ3) is 5.02. The van der Waals surface area contributed by atoms with Crippen molar-refractivity contribution in [3.63, 3.8) is 0 Å². The summed E-state index contributed by atoms with van der Waals surface area (Å²) in [4.78, 5) is 11.4. The summed E-state index contributed by atoms with van der Waals surface area (Å²) in [5, 5.41) is 12.0. The Morgan fingerprint density at radius 1 is 1.27 bits per heavy atom. The van der Waals surface area contributed by atoms with E-state index in [1.807, 2.05) is 20.8 Å². The summed E-state index contributed by atoms with van der Waals surface area (Å²) in [5.74, 6) is 0. The molecule has 0 aromatic heterocycles. The highest BCUT2D eigenvalue weighted by Gasteiger charge is 2.23. The molecule has 1 aliphatic carbocycles. The Morgan fingerprint density at radius 2 is 1.80 bits per heavy atom. The predicted molar refractivity (Wildman–Crippen MR) is 57.6 cm³/mol. The van der Waals surface area contributed by atoms with Gasteiger partial charge in [0.2, 0.25) is 0 Å². The minimum atomic E-state index is -0.358. The molecular weight excluding hydrogens is 194 g/mol. The van der Waals surface area contributed by atoms with Crippen molar-refractivity contribution in [3.05, 3.63) is 0 Å². The van der Waals surface area contributed by atoms with Crippen LogP contribution in [0.4, 0.5) is 4.79 Å². The molecule has 15 heavy (non-hydrogen) atoms. The smallest absolute Gasteiger partial charge is 0.407 e. The number of amides is 1. The quantitative estimate of drug-likeness (QED) is 0.701. The third-order valence-corrected chi connectivity index (χ3v) is 2.39. The first-order chi connectivity index (χ1) is 6.87. The molecule has 0 aromatic rings. The van der Waals surface area contributed by atoms with Gasteiger partial charge in [-0.3, -0.25) is 0 Å². The third-order valence-electron chi connectivity index (χ3n) is 2.39. The van der Waals surface area contributed by atoms with E-state index < -0.39 is 0 Å². The number of carbonyl (C=O) groups excluding carboxylic acids is 1. The number of aliphatic hydroxyl groups is 1. The van der Waals surface area contributed by atoms with Gasteiger partial charge in [-0.1, -0.05) is 0 Å². The molecule has 0 heterocycles. The first-order valence-corrected chi connectivity index (χ1v) is 5.54. The molecule has 1 aliphatic rings. The first-order valence-electron chi connectivity index (χ1n) is 5.54. The molecule has 4 nitrogen and oxygen atoms in total. The molecule has 0 aromatic carbocycles. The number of alkyl carbamates (subject to hydrolysis) is 1. The highest BCUT2D eigenvalue weighted by molar-refractivity contribution is 5.68. The molecule has 1 fully saturated rings. The first kappa shape index (κ1) is 12.3. The maximum atomic E-state index is 11.4. The normalized spacial score (nSPS) is 27.2. The summed E-state index contributed by atoms with van der Waals surface area (Å²) in [5.41, 5.74) is -0.259. The maximum absolute atomic E-state index is 11.4. The lowest BCUT2D eigenvalue weighted by atomic mass is 9.95. The van der Waals surface area contributed by atoms with Crippen molar-refractivity contribution in [1.82, 2.24) is 5.32 Å². The number of nitrogens with one attached hydrogen (secondary N) is 1. The van der Waals surface area contributed by atoms with Crippen molar-refractivity contribution >= 4 is 6.09 Å². The molecule has 1 saturated carbocycles. The largest absolute Gasteiger partial charge is 0.446 e. The average Bonchev–Trinajstić information content (AvgIpc) is 2.05. The van der Waals surface area contributed by atoms with Crippen LogP contribution in [0.3, 0.4) is 0 Å². The lowest BCUT2D eigenvalue weighted by molar-refractivity contribution is 0.0316. The molecule has 0 spiro atoms. The fourth-order valence-electron chi connectivity index (χ4n) is 1.65. The van der Waals surface area contributed by atoms with Crippen LogP contribution in [0.2, 0.25) is 0 Å². The van der Waals surface area contributed by atoms with Crippen molar-refractivity contribution in [2.24, 2.45) is 0 Å². The van der Waals surface area contributed by atoms with E-state index in [1.165, 1.54) is 0 Å². The number of rotatable bonds is 1. The summed E-state index contributed by atoms with van der Waals surface area (Å²) < 4.78 is 5.25. The van der Waals surface area contributed by atoms with Crippen LogP contribution in [-0.2, 0) is 4.74 Å². The van der Waals surface area contributed by atoms with Crippen LogP contribution in [0, 0.1) is 0 Å². The molecule has 2 N–H and O–H groups in total. The second kappa shape index (κ2) is 4.84. The standard InChI is InChI=1S/C11H21NO3/c1-11(2,3)12-10(14)15-9-6-4-8(13)5-7-9/h8-9,13H,4-7H2,1-3H3,(H,12,14)/t8-,9-. The summed E-state index contributed by atoms with van der Waals surface area (Å²) >= 11 is 0. The highest BCUT2D eigenvalue weighted by atomic mass is 16.6. The van der Waals surface area contributed by atoms with Crippen LogP contribution in [0.5, 0.6) is 0 Å². The summed E-state index contributed by atoms with van der Waals surface area (Å²) in [6.07, 6.45) is 2.38. The van der Waals surface area contributed by atoms with E-state index in [0.29, 0.717) is 0 Å². The summed E-state index contributed by atoms with van der Waals surface area (Å²) in [6.45, 7) is 5.75. The number of ether oxygens (including phenoxy) is 1. The maximum Gasteiger partial charge on any atom is 0.407 e. The monoisotopic (exact) mass is 215 g/mol. The molecule has 1 rings (SSSR count). The molecule has 0 atom stereocenters. The van der Waals surface area contributed by atoms with Gasteiger partial charge in [0.05, 0.1) is 6.10 Å². The van der Waals surface area contributed by atoms with Crippen molar-refractivity contribution in [2.45, 2.75) is 64.2 Å². The molecule has 0 aliphatic heterocycles. The van der Waals surface area contributed by atoms with Crippen LogP contribution in [0.1, 0.15) is 46.5 Å². The molecule has 0 saturated heterocycles. The minimum absolute atomic E-state index is 0.0317. The Labute approximate surface area is 91.0 Å². The van der Waals surface area contributed by atoms with E-state index in [1.54, 1.807) is 0 Å². The molecular formula is C11H21NO3. The lowest BCUT2D eigenvalue weighted by Crippen LogP contribution is -2.42. The zero-order valence-electron chi connectivity index (χ0n) is 9.75. The number of aliphatic hydroxyl groups excluding tert-OH is 1. The SMILES string of the molecule is CC(C)(C)NC(=O)O[C@H]1CC[C@H](O)CC1. The Morgan fingerprint density at radius 3 is 2.27 bits per heavy atom. The number of carbonyl (C=O) groups is 1. The van der Waals surface area contributed by atoms with E-state index in [4.69, 9.17) is 4.74 Å². The van der Waals surface area contributed by atoms with Gasteiger partial charge in [0.25, 0.3) is 0 Å². The van der Waals surface area contributed by atoms with E-state index in [-0.39, 0.29) is 23.8 Å². The second-order valence-corrected chi connectivity index (χ2v) is 5.21. The molecule has 0 bridgehead atoms. The van der Waals surface area contributed by atoms with Gasteiger partial charge in [0, 0.05) is 5.54 Å². The van der Waals surface area contributed by atoms with Gasteiger partial charge in [-0.05, 0) is 46.5 Å². The second-order valence-electron chi connectivity index (χ2n) is 5.21. The molecule has 1 amide bonds. The Kier molecular flexibility index (Phi) is 3.97. The van der Waals surface area contributed by atoms with E-state index in [0.717, 1.165) is 25.7 Å². The van der Waals surface area contributed by atoms with E-state index in [2.05, 4.69) is 5.32 Å². The van der Waals surface area contributed by atoms with Gasteiger partial charge in [-0.15, -0.1) is 0 Å². The summed E-state index contributed by atoms with van der Waals surface area (Å²) in [7, 11) is 0. The van der Waals surface area contributed by atoms with Gasteiger partial charge in [0.15, 0.2) is 0 Å². The van der Waals surface area contributed by atoms with Crippen LogP contribution < -0.4 is 5.32 Å². The van der Waals surface area contributed by atoms with Crippen LogP contribution in [0.25, 0.3) is 0 Å². The van der Waals surface area contributed by atoms with E-state index >= 15 is 0 Å². The van der Waals surface area contributed by atoms with Crippen molar-refractivity contribution in [2.75, 3.05) is 0 Å². The molecule has 0 unspecified atom stereocenters. The average molecular weight is 215 g/mol. The van der Waals surface area contributed by atoms with Crippen LogP contribution in [-0.4, -0.2) is 28.9 Å². The topological polar surface area (TPSA) is 58.6 Å². The van der Waals surface area contributed by atoms with Gasteiger partial charge >= 0.3 is 6.09 Å². The van der Waals surface area contributed by atoms with Gasteiger partial charge in [0.1, 0.15) is 6.10 Å². The van der Waals surface area contributed by atoms with Gasteiger partial charge < -0.3 is 15.2 Å². The zero-order chi connectivity index (χ0) is 11.5. The van der Waals surface area contributed by atoms with Crippen molar-refractivity contribution < 1.29 is 14.6 Å². The predicted octanol–water partition coefficient (Wildman–Crippen LogP) is 1.81. The Bertz CT molecular complexity index is 214. The summed E-state index contributed by atoms with van der Waals surface area (Å²) in [6, 6.07) is 0. The van der Waals surface area contributed by atoms with Gasteiger partial charge in [-0.25, -0.2) is 4.79 Å². The van der Waals surface area contributed by atoms with Crippen LogP contribution in [0.15, 0.2) is 0 Å². The number of hydrogen-bond acceptors (Lipinski definition) is 3. The lowest BCUT2D eigenvalue weighted by Gasteiger charge is -2.27. The highest BCUT2D eigenvalue weighted by Crippen LogP contribution is 2.21. The molecule has 4 heteroatoms. The minimum Gasteiger partial charge on any atom is -0.446 e. The fourth-order valence-corrected chi connectivity index (χ4v) is 1.65. The Hall–Kier alpha value is -0.770.